The largest absolute Gasteiger partial charge is 0.378 e. The van der Waals surface area contributed by atoms with Gasteiger partial charge in [0.05, 0.1) is 0 Å². The SMILES string of the molecule is CN(C)C1(CNC(=O)[C@@H](O)c2ccccc2Cl)CCCCC1. The molecule has 1 aromatic carbocycles. The van der Waals surface area contributed by atoms with E-state index in [1.54, 1.807) is 24.3 Å². The Morgan fingerprint density at radius 2 is 1.95 bits per heavy atom. The van der Waals surface area contributed by atoms with E-state index in [1.165, 1.54) is 19.3 Å². The first kappa shape index (κ1) is 17.3. The van der Waals surface area contributed by atoms with Crippen LogP contribution in [-0.4, -0.2) is 42.1 Å². The summed E-state index contributed by atoms with van der Waals surface area (Å²) in [6.45, 7) is 0.556. The van der Waals surface area contributed by atoms with Crippen LogP contribution in [0, 0.1) is 0 Å². The minimum Gasteiger partial charge on any atom is -0.378 e. The molecule has 1 aliphatic rings. The summed E-state index contributed by atoms with van der Waals surface area (Å²) in [5, 5.41) is 13.5. The maximum absolute atomic E-state index is 12.3. The van der Waals surface area contributed by atoms with Crippen LogP contribution in [0.4, 0.5) is 0 Å². The van der Waals surface area contributed by atoms with Crippen LogP contribution in [0.1, 0.15) is 43.8 Å². The van der Waals surface area contributed by atoms with Crippen molar-refractivity contribution in [3.8, 4) is 0 Å². The van der Waals surface area contributed by atoms with Crippen molar-refractivity contribution in [1.29, 1.82) is 0 Å². The van der Waals surface area contributed by atoms with Gasteiger partial charge in [-0.25, -0.2) is 0 Å². The van der Waals surface area contributed by atoms with Crippen LogP contribution in [-0.2, 0) is 4.79 Å². The topological polar surface area (TPSA) is 52.6 Å². The number of amides is 1. The second-order valence-electron chi connectivity index (χ2n) is 6.32. The van der Waals surface area contributed by atoms with Gasteiger partial charge >= 0.3 is 0 Å². The summed E-state index contributed by atoms with van der Waals surface area (Å²) >= 11 is 6.04. The van der Waals surface area contributed by atoms with E-state index in [0.29, 0.717) is 17.1 Å². The Bertz CT molecular complexity index is 513. The molecule has 0 saturated heterocycles. The molecule has 0 bridgehead atoms. The maximum atomic E-state index is 12.3. The number of benzene rings is 1. The van der Waals surface area contributed by atoms with Crippen molar-refractivity contribution >= 4 is 17.5 Å². The number of nitrogens with zero attached hydrogens (tertiary/aromatic N) is 1. The minimum atomic E-state index is -1.23. The van der Waals surface area contributed by atoms with Crippen molar-refractivity contribution in [2.75, 3.05) is 20.6 Å². The number of carbonyl (C=O) groups is 1. The Morgan fingerprint density at radius 1 is 1.32 bits per heavy atom. The molecule has 0 aliphatic heterocycles. The summed E-state index contributed by atoms with van der Waals surface area (Å²) < 4.78 is 0. The Morgan fingerprint density at radius 3 is 2.55 bits per heavy atom. The van der Waals surface area contributed by atoms with Crippen molar-refractivity contribution < 1.29 is 9.90 Å². The lowest BCUT2D eigenvalue weighted by atomic mass is 9.80. The summed E-state index contributed by atoms with van der Waals surface area (Å²) in [6.07, 6.45) is 4.54. The molecule has 0 heterocycles. The first-order valence-electron chi connectivity index (χ1n) is 7.84. The summed E-state index contributed by atoms with van der Waals surface area (Å²) in [5.74, 6) is -0.389. The predicted octanol–water partition coefficient (Wildman–Crippen LogP) is 2.75. The van der Waals surface area contributed by atoms with E-state index in [0.717, 1.165) is 12.8 Å². The van der Waals surface area contributed by atoms with Crippen LogP contribution in [0.3, 0.4) is 0 Å². The minimum absolute atomic E-state index is 0.00584. The Hall–Kier alpha value is -1.10. The van der Waals surface area contributed by atoms with Crippen LogP contribution in [0.25, 0.3) is 0 Å². The predicted molar refractivity (Wildman–Crippen MR) is 88.9 cm³/mol. The van der Waals surface area contributed by atoms with Crippen LogP contribution in [0.5, 0.6) is 0 Å². The van der Waals surface area contributed by atoms with Crippen LogP contribution < -0.4 is 5.32 Å². The molecular weight excluding hydrogens is 300 g/mol. The normalized spacial score (nSPS) is 19.0. The van der Waals surface area contributed by atoms with Gasteiger partial charge in [-0.15, -0.1) is 0 Å². The second-order valence-corrected chi connectivity index (χ2v) is 6.73. The van der Waals surface area contributed by atoms with E-state index < -0.39 is 6.10 Å². The lowest BCUT2D eigenvalue weighted by Crippen LogP contribution is -2.54. The zero-order valence-electron chi connectivity index (χ0n) is 13.3. The van der Waals surface area contributed by atoms with Gasteiger partial charge in [0.25, 0.3) is 5.91 Å². The number of aliphatic hydroxyl groups is 1. The fourth-order valence-corrected chi connectivity index (χ4v) is 3.42. The zero-order valence-corrected chi connectivity index (χ0v) is 14.1. The van der Waals surface area contributed by atoms with Gasteiger partial charge in [-0.05, 0) is 33.0 Å². The number of halogens is 1. The third-order valence-corrected chi connectivity index (χ3v) is 5.12. The van der Waals surface area contributed by atoms with Crippen molar-refractivity contribution in [2.24, 2.45) is 0 Å². The molecule has 1 atom stereocenters. The zero-order chi connectivity index (χ0) is 16.2. The van der Waals surface area contributed by atoms with Gasteiger partial charge in [0.15, 0.2) is 6.10 Å². The molecule has 1 amide bonds. The molecule has 4 nitrogen and oxygen atoms in total. The highest BCUT2D eigenvalue weighted by atomic mass is 35.5. The third kappa shape index (κ3) is 3.80. The summed E-state index contributed by atoms with van der Waals surface area (Å²) in [5.41, 5.74) is 0.443. The van der Waals surface area contributed by atoms with Gasteiger partial charge in [0.2, 0.25) is 0 Å². The molecule has 1 saturated carbocycles. The van der Waals surface area contributed by atoms with E-state index in [4.69, 9.17) is 11.6 Å². The average molecular weight is 325 g/mol. The van der Waals surface area contributed by atoms with E-state index in [2.05, 4.69) is 24.3 Å². The maximum Gasteiger partial charge on any atom is 0.253 e. The molecule has 2 rings (SSSR count). The first-order chi connectivity index (χ1) is 10.5. The molecule has 122 valence electrons. The second kappa shape index (κ2) is 7.44. The number of rotatable bonds is 5. The van der Waals surface area contributed by atoms with Crippen molar-refractivity contribution in [3.05, 3.63) is 34.9 Å². The molecule has 1 aromatic rings. The molecule has 1 fully saturated rings. The highest BCUT2D eigenvalue weighted by Crippen LogP contribution is 2.32. The summed E-state index contributed by atoms with van der Waals surface area (Å²) in [7, 11) is 4.12. The summed E-state index contributed by atoms with van der Waals surface area (Å²) in [6, 6.07) is 6.89. The van der Waals surface area contributed by atoms with Crippen molar-refractivity contribution in [2.45, 2.75) is 43.7 Å². The highest BCUT2D eigenvalue weighted by Gasteiger charge is 2.35. The fraction of sp³-hybridized carbons (Fsp3) is 0.588. The lowest BCUT2D eigenvalue weighted by Gasteiger charge is -2.43. The molecule has 0 unspecified atom stereocenters. The molecule has 0 aromatic heterocycles. The van der Waals surface area contributed by atoms with Crippen LogP contribution in [0.15, 0.2) is 24.3 Å². The molecule has 0 radical (unpaired) electrons. The quantitative estimate of drug-likeness (QED) is 0.875. The number of likely N-dealkylation sites (N-methyl/N-ethyl adjacent to an activating group) is 1. The number of hydrogen-bond donors (Lipinski definition) is 2. The lowest BCUT2D eigenvalue weighted by molar-refractivity contribution is -0.130. The molecule has 0 spiro atoms. The number of nitrogens with one attached hydrogen (secondary N) is 1. The Labute approximate surface area is 137 Å². The van der Waals surface area contributed by atoms with Gasteiger partial charge in [-0.2, -0.15) is 0 Å². The highest BCUT2D eigenvalue weighted by molar-refractivity contribution is 6.31. The smallest absolute Gasteiger partial charge is 0.253 e. The van der Waals surface area contributed by atoms with E-state index in [-0.39, 0.29) is 11.4 Å². The molecule has 5 heteroatoms. The molecule has 1 aliphatic carbocycles. The van der Waals surface area contributed by atoms with Crippen molar-refractivity contribution in [3.63, 3.8) is 0 Å². The van der Waals surface area contributed by atoms with E-state index in [1.807, 2.05) is 0 Å². The van der Waals surface area contributed by atoms with E-state index >= 15 is 0 Å². The molecule has 2 N–H and O–H groups in total. The molecule has 22 heavy (non-hydrogen) atoms. The van der Waals surface area contributed by atoms with Gasteiger partial charge in [-0.3, -0.25) is 4.79 Å². The van der Waals surface area contributed by atoms with Crippen LogP contribution in [0.2, 0.25) is 5.02 Å². The fourth-order valence-electron chi connectivity index (χ4n) is 3.18. The number of carbonyl (C=O) groups excluding carboxylic acids is 1. The van der Waals surface area contributed by atoms with Gasteiger partial charge in [0.1, 0.15) is 0 Å². The monoisotopic (exact) mass is 324 g/mol. The average Bonchev–Trinajstić information content (AvgIpc) is 2.53. The van der Waals surface area contributed by atoms with Gasteiger partial charge in [-0.1, -0.05) is 49.1 Å². The molecular formula is C17H25ClN2O2. The summed E-state index contributed by atoms with van der Waals surface area (Å²) in [4.78, 5) is 14.5. The first-order valence-corrected chi connectivity index (χ1v) is 8.22. The number of aliphatic hydroxyl groups excluding tert-OH is 1. The number of hydrogen-bond acceptors (Lipinski definition) is 3. The Kier molecular flexibility index (Phi) is 5.84. The van der Waals surface area contributed by atoms with Crippen molar-refractivity contribution in [1.82, 2.24) is 10.2 Å². The Balaban J connectivity index is 2.01. The van der Waals surface area contributed by atoms with E-state index in [9.17, 15) is 9.90 Å². The van der Waals surface area contributed by atoms with Crippen LogP contribution >= 0.6 is 11.6 Å². The standard InChI is InChI=1S/C17H25ClN2O2/c1-20(2)17(10-6-3-7-11-17)12-19-16(22)15(21)13-8-4-5-9-14(13)18/h4-5,8-9,15,21H,3,6-7,10-12H2,1-2H3,(H,19,22)/t15-/m0/s1. The van der Waals surface area contributed by atoms with Gasteiger partial charge in [0, 0.05) is 22.7 Å². The third-order valence-electron chi connectivity index (χ3n) is 4.77. The van der Waals surface area contributed by atoms with Gasteiger partial charge < -0.3 is 15.3 Å².